The molecule has 2 amide bonds. The molecule has 28 heavy (non-hydrogen) atoms. The third-order valence-electron chi connectivity index (χ3n) is 5.53. The molecule has 2 N–H and O–H groups in total. The van der Waals surface area contributed by atoms with Crippen molar-refractivity contribution in [2.75, 3.05) is 62.7 Å². The number of hydrogen-bond acceptors (Lipinski definition) is 5. The number of nitrogens with zero attached hydrogens (tertiary/aromatic N) is 2. The molecule has 0 aliphatic carbocycles. The van der Waals surface area contributed by atoms with Gasteiger partial charge in [-0.3, -0.25) is 9.59 Å². The number of carbonyl (C=O) groups is 2. The second-order valence-corrected chi connectivity index (χ2v) is 7.67. The van der Waals surface area contributed by atoms with E-state index >= 15 is 0 Å². The molecule has 0 spiro atoms. The highest BCUT2D eigenvalue weighted by molar-refractivity contribution is 5.91. The number of hydrogen-bond donors (Lipinski definition) is 2. The van der Waals surface area contributed by atoms with Gasteiger partial charge in [-0.25, -0.2) is 0 Å². The molecule has 1 aromatic rings. The van der Waals surface area contributed by atoms with Crippen molar-refractivity contribution in [1.82, 2.24) is 10.2 Å². The van der Waals surface area contributed by atoms with Crippen molar-refractivity contribution in [2.24, 2.45) is 5.92 Å². The summed E-state index contributed by atoms with van der Waals surface area (Å²) >= 11 is 0. The average Bonchev–Trinajstić information content (AvgIpc) is 2.73. The van der Waals surface area contributed by atoms with E-state index in [4.69, 9.17) is 4.74 Å². The number of anilines is 2. The zero-order valence-corrected chi connectivity index (χ0v) is 16.8. The average molecular weight is 389 g/mol. The van der Waals surface area contributed by atoms with Crippen LogP contribution in [0.3, 0.4) is 0 Å². The third-order valence-corrected chi connectivity index (χ3v) is 5.53. The molecule has 1 aromatic carbocycles. The van der Waals surface area contributed by atoms with Crippen LogP contribution >= 0.6 is 0 Å². The Balaban J connectivity index is 1.35. The smallest absolute Gasteiger partial charge is 0.225 e. The minimum Gasteiger partial charge on any atom is -0.378 e. The van der Waals surface area contributed by atoms with E-state index in [2.05, 4.69) is 32.6 Å². The van der Waals surface area contributed by atoms with Crippen molar-refractivity contribution in [3.05, 3.63) is 24.3 Å². The summed E-state index contributed by atoms with van der Waals surface area (Å²) in [6.45, 7) is 8.45. The highest BCUT2D eigenvalue weighted by Gasteiger charge is 2.19. The Kier molecular flexibility index (Phi) is 7.68. The lowest BCUT2D eigenvalue weighted by atomic mass is 9.96. The van der Waals surface area contributed by atoms with Crippen molar-refractivity contribution >= 4 is 23.2 Å². The van der Waals surface area contributed by atoms with Gasteiger partial charge in [0.15, 0.2) is 0 Å². The van der Waals surface area contributed by atoms with Gasteiger partial charge < -0.3 is 25.2 Å². The number of carbonyl (C=O) groups excluding carboxylic acids is 2. The fraction of sp³-hybridized carbons (Fsp3) is 0.619. The quantitative estimate of drug-likeness (QED) is 0.744. The molecule has 0 unspecified atom stereocenters. The predicted octanol–water partition coefficient (Wildman–Crippen LogP) is 1.70. The lowest BCUT2D eigenvalue weighted by Crippen LogP contribution is -2.39. The van der Waals surface area contributed by atoms with Gasteiger partial charge in [0.25, 0.3) is 0 Å². The van der Waals surface area contributed by atoms with Gasteiger partial charge in [0.1, 0.15) is 0 Å². The first-order chi connectivity index (χ1) is 13.6. The fourth-order valence-electron chi connectivity index (χ4n) is 3.76. The van der Waals surface area contributed by atoms with Crippen LogP contribution in [0.2, 0.25) is 0 Å². The summed E-state index contributed by atoms with van der Waals surface area (Å²) in [6.07, 6.45) is 2.65. The van der Waals surface area contributed by atoms with Gasteiger partial charge in [-0.05, 0) is 56.1 Å². The first-order valence-electron chi connectivity index (χ1n) is 10.3. The molecular formula is C21H32N4O3. The molecule has 0 aromatic heterocycles. The summed E-state index contributed by atoms with van der Waals surface area (Å²) in [5.41, 5.74) is 2.01. The predicted molar refractivity (Wildman–Crippen MR) is 111 cm³/mol. The number of likely N-dealkylation sites (tertiary alicyclic amines) is 1. The molecule has 0 saturated carbocycles. The Hall–Kier alpha value is -2.12. The number of piperidine rings is 1. The van der Waals surface area contributed by atoms with Gasteiger partial charge >= 0.3 is 0 Å². The molecule has 7 nitrogen and oxygen atoms in total. The molecular weight excluding hydrogens is 356 g/mol. The first-order valence-corrected chi connectivity index (χ1v) is 10.3. The number of benzene rings is 1. The van der Waals surface area contributed by atoms with Crippen LogP contribution in [0, 0.1) is 5.92 Å². The first kappa shape index (κ1) is 20.6. The fourth-order valence-corrected chi connectivity index (χ4v) is 3.76. The number of morpholine rings is 1. The summed E-state index contributed by atoms with van der Waals surface area (Å²) in [4.78, 5) is 27.9. The lowest BCUT2D eigenvalue weighted by molar-refractivity contribution is -0.119. The van der Waals surface area contributed by atoms with Gasteiger partial charge in [-0.2, -0.15) is 0 Å². The number of nitrogens with one attached hydrogen (secondary N) is 2. The van der Waals surface area contributed by atoms with E-state index in [0.717, 1.165) is 71.0 Å². The van der Waals surface area contributed by atoms with E-state index in [1.54, 1.807) is 6.92 Å². The van der Waals surface area contributed by atoms with E-state index in [0.29, 0.717) is 12.3 Å². The van der Waals surface area contributed by atoms with Gasteiger partial charge in [-0.1, -0.05) is 0 Å². The molecule has 2 saturated heterocycles. The van der Waals surface area contributed by atoms with Crippen LogP contribution in [0.1, 0.15) is 26.2 Å². The van der Waals surface area contributed by atoms with Crippen LogP contribution < -0.4 is 15.5 Å². The number of amides is 2. The summed E-state index contributed by atoms with van der Waals surface area (Å²) in [5, 5.41) is 5.90. The maximum absolute atomic E-state index is 12.3. The standard InChI is InChI=1S/C21H32N4O3/c1-17(26)22-16-18-6-9-24(10-7-18)11-8-21(27)23-19-2-4-20(5-3-19)25-12-14-28-15-13-25/h2-5,18H,6-16H2,1H3,(H,22,26)(H,23,27). The Morgan fingerprint density at radius 2 is 1.75 bits per heavy atom. The van der Waals surface area contributed by atoms with Crippen molar-refractivity contribution in [3.63, 3.8) is 0 Å². The normalized spacial score (nSPS) is 18.7. The topological polar surface area (TPSA) is 73.9 Å². The van der Waals surface area contributed by atoms with Crippen LogP contribution in [0.25, 0.3) is 0 Å². The van der Waals surface area contributed by atoms with Crippen molar-refractivity contribution in [1.29, 1.82) is 0 Å². The van der Waals surface area contributed by atoms with Gasteiger partial charge in [0, 0.05) is 50.9 Å². The Morgan fingerprint density at radius 3 is 2.39 bits per heavy atom. The van der Waals surface area contributed by atoms with E-state index in [-0.39, 0.29) is 11.8 Å². The Labute approximate surface area is 167 Å². The second kappa shape index (κ2) is 10.4. The Bertz CT molecular complexity index is 636. The SMILES string of the molecule is CC(=O)NCC1CCN(CCC(=O)Nc2ccc(N3CCOCC3)cc2)CC1. The van der Waals surface area contributed by atoms with Crippen LogP contribution in [0.5, 0.6) is 0 Å². The van der Waals surface area contributed by atoms with E-state index in [1.807, 2.05) is 12.1 Å². The molecule has 154 valence electrons. The van der Waals surface area contributed by atoms with Crippen LogP contribution in [0.4, 0.5) is 11.4 Å². The molecule has 0 radical (unpaired) electrons. The summed E-state index contributed by atoms with van der Waals surface area (Å²) in [6, 6.07) is 8.05. The molecule has 7 heteroatoms. The van der Waals surface area contributed by atoms with Crippen LogP contribution in [-0.4, -0.2) is 69.2 Å². The van der Waals surface area contributed by atoms with Gasteiger partial charge in [-0.15, -0.1) is 0 Å². The van der Waals surface area contributed by atoms with Gasteiger partial charge in [0.2, 0.25) is 11.8 Å². The highest BCUT2D eigenvalue weighted by atomic mass is 16.5. The zero-order chi connectivity index (χ0) is 19.8. The minimum atomic E-state index is 0.0390. The van der Waals surface area contributed by atoms with Crippen LogP contribution in [-0.2, 0) is 14.3 Å². The Morgan fingerprint density at radius 1 is 1.07 bits per heavy atom. The molecule has 2 aliphatic rings. The monoisotopic (exact) mass is 388 g/mol. The third kappa shape index (κ3) is 6.49. The van der Waals surface area contributed by atoms with Crippen LogP contribution in [0.15, 0.2) is 24.3 Å². The summed E-state index contributed by atoms with van der Waals surface area (Å²) in [7, 11) is 0. The number of rotatable bonds is 7. The van der Waals surface area contributed by atoms with Crippen molar-refractivity contribution < 1.29 is 14.3 Å². The number of ether oxygens (including phenoxy) is 1. The lowest BCUT2D eigenvalue weighted by Gasteiger charge is -2.31. The molecule has 3 rings (SSSR count). The maximum Gasteiger partial charge on any atom is 0.225 e. The highest BCUT2D eigenvalue weighted by Crippen LogP contribution is 2.20. The molecule has 2 aliphatic heterocycles. The zero-order valence-electron chi connectivity index (χ0n) is 16.8. The maximum atomic E-state index is 12.3. The molecule has 2 heterocycles. The largest absolute Gasteiger partial charge is 0.378 e. The van der Waals surface area contributed by atoms with Gasteiger partial charge in [0.05, 0.1) is 13.2 Å². The van der Waals surface area contributed by atoms with E-state index in [1.165, 1.54) is 5.69 Å². The minimum absolute atomic E-state index is 0.0390. The van der Waals surface area contributed by atoms with E-state index in [9.17, 15) is 9.59 Å². The summed E-state index contributed by atoms with van der Waals surface area (Å²) in [5.74, 6) is 0.649. The summed E-state index contributed by atoms with van der Waals surface area (Å²) < 4.78 is 5.38. The van der Waals surface area contributed by atoms with Crippen molar-refractivity contribution in [2.45, 2.75) is 26.2 Å². The van der Waals surface area contributed by atoms with Crippen molar-refractivity contribution in [3.8, 4) is 0 Å². The molecule has 2 fully saturated rings. The van der Waals surface area contributed by atoms with E-state index < -0.39 is 0 Å². The molecule has 0 atom stereocenters. The molecule has 0 bridgehead atoms. The second-order valence-electron chi connectivity index (χ2n) is 7.67.